The van der Waals surface area contributed by atoms with Crippen LogP contribution in [0.3, 0.4) is 0 Å². The van der Waals surface area contributed by atoms with Crippen LogP contribution in [0.25, 0.3) is 0 Å². The lowest BCUT2D eigenvalue weighted by Gasteiger charge is -2.34. The Morgan fingerprint density at radius 2 is 2.15 bits per heavy atom. The Balaban J connectivity index is 2.18. The predicted molar refractivity (Wildman–Crippen MR) is 78.6 cm³/mol. The van der Waals surface area contributed by atoms with Crippen molar-refractivity contribution in [3.63, 3.8) is 0 Å². The largest absolute Gasteiger partial charge is 0.336 e. The van der Waals surface area contributed by atoms with E-state index in [1.54, 1.807) is 6.07 Å². The molecule has 2 rings (SSSR count). The standard InChI is InChI=1S/C15H20ClFN2O/c1-2-9-19(12-5-7-18-8-6-12)15(20)11-3-4-13(16)14(17)10-11/h3-4,10,12,18H,2,5-9H2,1H3. The first-order valence-electron chi connectivity index (χ1n) is 7.10. The second-order valence-corrected chi connectivity index (χ2v) is 5.52. The molecule has 1 heterocycles. The highest BCUT2D eigenvalue weighted by molar-refractivity contribution is 6.30. The maximum Gasteiger partial charge on any atom is 0.254 e. The van der Waals surface area contributed by atoms with Crippen LogP contribution in [0.4, 0.5) is 4.39 Å². The van der Waals surface area contributed by atoms with Crippen molar-refractivity contribution in [3.8, 4) is 0 Å². The third-order valence-corrected chi connectivity index (χ3v) is 3.95. The Hall–Kier alpha value is -1.13. The van der Waals surface area contributed by atoms with E-state index in [9.17, 15) is 9.18 Å². The van der Waals surface area contributed by atoms with Crippen molar-refractivity contribution >= 4 is 17.5 Å². The summed E-state index contributed by atoms with van der Waals surface area (Å²) in [5.74, 6) is -0.645. The maximum atomic E-state index is 13.5. The summed E-state index contributed by atoms with van der Waals surface area (Å²) in [4.78, 5) is 14.5. The highest BCUT2D eigenvalue weighted by Gasteiger charge is 2.25. The van der Waals surface area contributed by atoms with Crippen molar-refractivity contribution in [1.29, 1.82) is 0 Å². The summed E-state index contributed by atoms with van der Waals surface area (Å²) in [5, 5.41) is 3.34. The summed E-state index contributed by atoms with van der Waals surface area (Å²) in [6.07, 6.45) is 2.79. The van der Waals surface area contributed by atoms with Gasteiger partial charge in [0.2, 0.25) is 0 Å². The molecule has 3 nitrogen and oxygen atoms in total. The van der Waals surface area contributed by atoms with Crippen molar-refractivity contribution in [1.82, 2.24) is 10.2 Å². The van der Waals surface area contributed by atoms with Gasteiger partial charge in [0, 0.05) is 18.2 Å². The van der Waals surface area contributed by atoms with Crippen LogP contribution in [0.1, 0.15) is 36.5 Å². The van der Waals surface area contributed by atoms with Crippen molar-refractivity contribution in [2.24, 2.45) is 0 Å². The minimum atomic E-state index is -0.542. The molecular weight excluding hydrogens is 279 g/mol. The summed E-state index contributed by atoms with van der Waals surface area (Å²) in [5.41, 5.74) is 0.374. The average Bonchev–Trinajstić information content (AvgIpc) is 2.48. The van der Waals surface area contributed by atoms with Gasteiger partial charge in [0.15, 0.2) is 0 Å². The molecule has 1 N–H and O–H groups in total. The van der Waals surface area contributed by atoms with Crippen LogP contribution < -0.4 is 5.32 Å². The van der Waals surface area contributed by atoms with E-state index < -0.39 is 5.82 Å². The summed E-state index contributed by atoms with van der Waals surface area (Å²) >= 11 is 5.67. The monoisotopic (exact) mass is 298 g/mol. The highest BCUT2D eigenvalue weighted by Crippen LogP contribution is 2.20. The number of nitrogens with one attached hydrogen (secondary N) is 1. The number of halogens is 2. The molecule has 0 spiro atoms. The quantitative estimate of drug-likeness (QED) is 0.926. The van der Waals surface area contributed by atoms with E-state index in [-0.39, 0.29) is 17.0 Å². The molecule has 0 atom stereocenters. The first-order valence-corrected chi connectivity index (χ1v) is 7.48. The Morgan fingerprint density at radius 1 is 1.45 bits per heavy atom. The van der Waals surface area contributed by atoms with E-state index >= 15 is 0 Å². The molecule has 1 saturated heterocycles. The predicted octanol–water partition coefficient (Wildman–Crippen LogP) is 3.08. The van der Waals surface area contributed by atoms with Crippen molar-refractivity contribution in [3.05, 3.63) is 34.6 Å². The van der Waals surface area contributed by atoms with Gasteiger partial charge in [0.1, 0.15) is 5.82 Å². The lowest BCUT2D eigenvalue weighted by Crippen LogP contribution is -2.46. The molecular formula is C15H20ClFN2O. The van der Waals surface area contributed by atoms with Gasteiger partial charge in [-0.1, -0.05) is 18.5 Å². The van der Waals surface area contributed by atoms with E-state index in [1.807, 2.05) is 11.8 Å². The topological polar surface area (TPSA) is 32.3 Å². The minimum Gasteiger partial charge on any atom is -0.336 e. The van der Waals surface area contributed by atoms with Gasteiger partial charge < -0.3 is 10.2 Å². The van der Waals surface area contributed by atoms with Gasteiger partial charge in [-0.15, -0.1) is 0 Å². The first-order chi connectivity index (χ1) is 9.63. The molecule has 1 aromatic rings. The Morgan fingerprint density at radius 3 is 2.75 bits per heavy atom. The van der Waals surface area contributed by atoms with Gasteiger partial charge >= 0.3 is 0 Å². The molecule has 0 aliphatic carbocycles. The minimum absolute atomic E-state index is 0.0467. The average molecular weight is 299 g/mol. The van der Waals surface area contributed by atoms with Crippen LogP contribution in [0, 0.1) is 5.82 Å². The molecule has 0 radical (unpaired) electrons. The fourth-order valence-corrected chi connectivity index (χ4v) is 2.72. The lowest BCUT2D eigenvalue weighted by molar-refractivity contribution is 0.0642. The third kappa shape index (κ3) is 3.49. The third-order valence-electron chi connectivity index (χ3n) is 3.64. The van der Waals surface area contributed by atoms with Gasteiger partial charge in [0.25, 0.3) is 5.91 Å². The Kier molecular flexibility index (Phi) is 5.38. The number of hydrogen-bond acceptors (Lipinski definition) is 2. The molecule has 110 valence electrons. The molecule has 20 heavy (non-hydrogen) atoms. The van der Waals surface area contributed by atoms with Crippen LogP contribution in [0.15, 0.2) is 18.2 Å². The van der Waals surface area contributed by atoms with E-state index in [0.29, 0.717) is 12.1 Å². The number of hydrogen-bond donors (Lipinski definition) is 1. The van der Waals surface area contributed by atoms with Crippen molar-refractivity contribution in [2.45, 2.75) is 32.2 Å². The van der Waals surface area contributed by atoms with Gasteiger partial charge in [-0.2, -0.15) is 0 Å². The molecule has 1 aliphatic heterocycles. The van der Waals surface area contributed by atoms with Gasteiger partial charge in [-0.05, 0) is 50.6 Å². The zero-order valence-corrected chi connectivity index (χ0v) is 12.4. The number of rotatable bonds is 4. The highest BCUT2D eigenvalue weighted by atomic mass is 35.5. The van der Waals surface area contributed by atoms with Gasteiger partial charge in [-0.3, -0.25) is 4.79 Å². The molecule has 0 bridgehead atoms. The van der Waals surface area contributed by atoms with E-state index in [2.05, 4.69) is 5.32 Å². The lowest BCUT2D eigenvalue weighted by atomic mass is 10.0. The molecule has 1 amide bonds. The van der Waals surface area contributed by atoms with Gasteiger partial charge in [-0.25, -0.2) is 4.39 Å². The zero-order valence-electron chi connectivity index (χ0n) is 11.7. The number of carbonyl (C=O) groups excluding carboxylic acids is 1. The van der Waals surface area contributed by atoms with E-state index in [4.69, 9.17) is 11.6 Å². The van der Waals surface area contributed by atoms with Crippen LogP contribution in [-0.4, -0.2) is 36.5 Å². The number of amides is 1. The number of piperidine rings is 1. The summed E-state index contributed by atoms with van der Waals surface area (Å²) < 4.78 is 13.5. The van der Waals surface area contributed by atoms with Crippen LogP contribution >= 0.6 is 11.6 Å². The SMILES string of the molecule is CCCN(C(=O)c1ccc(Cl)c(F)c1)C1CCNCC1. The Labute approximate surface area is 124 Å². The summed E-state index contributed by atoms with van der Waals surface area (Å²) in [6, 6.07) is 4.50. The normalized spacial score (nSPS) is 16.1. The second kappa shape index (κ2) is 7.04. The molecule has 1 fully saturated rings. The number of carbonyl (C=O) groups is 1. The first kappa shape index (κ1) is 15.3. The zero-order chi connectivity index (χ0) is 14.5. The van der Waals surface area contributed by atoms with E-state index in [1.165, 1.54) is 12.1 Å². The van der Waals surface area contributed by atoms with Crippen LogP contribution in [-0.2, 0) is 0 Å². The molecule has 0 aromatic heterocycles. The van der Waals surface area contributed by atoms with Crippen LogP contribution in [0.5, 0.6) is 0 Å². The molecule has 0 unspecified atom stereocenters. The molecule has 1 aliphatic rings. The maximum absolute atomic E-state index is 13.5. The van der Waals surface area contributed by atoms with Crippen molar-refractivity contribution in [2.75, 3.05) is 19.6 Å². The summed E-state index contributed by atoms with van der Waals surface area (Å²) in [6.45, 7) is 4.60. The van der Waals surface area contributed by atoms with E-state index in [0.717, 1.165) is 32.4 Å². The fourth-order valence-electron chi connectivity index (χ4n) is 2.60. The Bertz CT molecular complexity index is 475. The molecule has 5 heteroatoms. The van der Waals surface area contributed by atoms with Crippen molar-refractivity contribution < 1.29 is 9.18 Å². The van der Waals surface area contributed by atoms with Gasteiger partial charge in [0.05, 0.1) is 5.02 Å². The van der Waals surface area contributed by atoms with Crippen LogP contribution in [0.2, 0.25) is 5.02 Å². The number of nitrogens with zero attached hydrogens (tertiary/aromatic N) is 1. The summed E-state index contributed by atoms with van der Waals surface area (Å²) in [7, 11) is 0. The molecule has 0 saturated carbocycles. The molecule has 1 aromatic carbocycles. The number of benzene rings is 1. The fraction of sp³-hybridized carbons (Fsp3) is 0.533. The second-order valence-electron chi connectivity index (χ2n) is 5.11. The smallest absolute Gasteiger partial charge is 0.254 e.